The van der Waals surface area contributed by atoms with Crippen molar-refractivity contribution in [3.63, 3.8) is 0 Å². The number of pyridine rings is 3. The number of carboxylic acids is 1. The number of rotatable bonds is 9. The summed E-state index contributed by atoms with van der Waals surface area (Å²) >= 11 is 20.2. The molecule has 0 aliphatic rings. The van der Waals surface area contributed by atoms with Crippen molar-refractivity contribution in [2.24, 2.45) is 14.1 Å². The molecule has 5 aromatic heterocycles. The van der Waals surface area contributed by atoms with Gasteiger partial charge in [-0.05, 0) is 107 Å². The Morgan fingerprint density at radius 1 is 0.603 bits per heavy atom. The first kappa shape index (κ1) is 58.1. The molecule has 0 aliphatic heterocycles. The van der Waals surface area contributed by atoms with E-state index in [2.05, 4.69) is 46.4 Å². The predicted molar refractivity (Wildman–Crippen MR) is 278 cm³/mol. The van der Waals surface area contributed by atoms with Crippen LogP contribution in [0.5, 0.6) is 0 Å². The van der Waals surface area contributed by atoms with Crippen LogP contribution in [0, 0.1) is 17.5 Å². The Hall–Kier alpha value is -7.47. The van der Waals surface area contributed by atoms with E-state index >= 15 is 0 Å². The minimum atomic E-state index is -1.46. The summed E-state index contributed by atoms with van der Waals surface area (Å²) in [6.45, 7) is 0. The number of aryl methyl sites for hydroxylation is 2. The van der Waals surface area contributed by atoms with Crippen LogP contribution in [0.15, 0.2) is 143 Å². The fourth-order valence-electron chi connectivity index (χ4n) is 5.53. The van der Waals surface area contributed by atoms with Gasteiger partial charge in [0, 0.05) is 55.6 Å². The van der Waals surface area contributed by atoms with Crippen LogP contribution in [0.2, 0.25) is 15.1 Å². The summed E-state index contributed by atoms with van der Waals surface area (Å²) in [7, 11) is 1.40. The molecule has 378 valence electrons. The maximum Gasteiger partial charge on any atom is 0.490 e. The van der Waals surface area contributed by atoms with Crippen molar-refractivity contribution in [3.05, 3.63) is 226 Å². The van der Waals surface area contributed by atoms with Crippen LogP contribution in [0.1, 0.15) is 48.8 Å². The predicted octanol–water partition coefficient (Wildman–Crippen LogP) is 7.05. The lowest BCUT2D eigenvalue weighted by Crippen LogP contribution is -2.29. The Balaban J connectivity index is 0.000000211. The quantitative estimate of drug-likeness (QED) is 0.0625. The molecule has 8 rings (SSSR count). The number of nitrogens with two attached hydrogens (primary N) is 2. The van der Waals surface area contributed by atoms with Crippen LogP contribution in [0.25, 0.3) is 0 Å². The topological polar surface area (TPSA) is 267 Å². The van der Waals surface area contributed by atoms with E-state index in [0.29, 0.717) is 41.1 Å². The molecule has 0 saturated heterocycles. The highest BCUT2D eigenvalue weighted by molar-refractivity contribution is 9.08. The number of hydrogen-bond acceptors (Lipinski definition) is 13. The maximum atomic E-state index is 13.2. The number of alkyl halides is 1. The molecule has 5 heterocycles. The monoisotopic (exact) mass is 1120 g/mol. The summed E-state index contributed by atoms with van der Waals surface area (Å²) < 4.78 is 40.7. The molecule has 0 aliphatic carbocycles. The molecule has 0 radical (unpaired) electrons. The van der Waals surface area contributed by atoms with Gasteiger partial charge in [0.05, 0.1) is 15.1 Å². The lowest BCUT2D eigenvalue weighted by Gasteiger charge is -2.07. The first-order valence-electron chi connectivity index (χ1n) is 20.9. The average Bonchev–Trinajstić information content (AvgIpc) is 3.36. The van der Waals surface area contributed by atoms with Gasteiger partial charge in [0.15, 0.2) is 5.69 Å². The Morgan fingerprint density at radius 3 is 1.42 bits per heavy atom. The summed E-state index contributed by atoms with van der Waals surface area (Å²) in [5.41, 5.74) is 15.1. The number of nitrogens with one attached hydrogen (secondary N) is 1. The zero-order chi connectivity index (χ0) is 53.8. The van der Waals surface area contributed by atoms with Gasteiger partial charge in [-0.25, -0.2) is 42.3 Å². The number of nitrogen functional groups attached to an aromatic ring is 2. The van der Waals surface area contributed by atoms with E-state index in [4.69, 9.17) is 61.4 Å². The Labute approximate surface area is 438 Å². The summed E-state index contributed by atoms with van der Waals surface area (Å²) in [6, 6.07) is 28.9. The van der Waals surface area contributed by atoms with Crippen molar-refractivity contribution >= 4 is 92.6 Å². The summed E-state index contributed by atoms with van der Waals surface area (Å²) in [6.07, 6.45) is 5.82. The van der Waals surface area contributed by atoms with E-state index in [1.807, 2.05) is 6.07 Å². The van der Waals surface area contributed by atoms with Crippen LogP contribution < -0.4 is 33.4 Å². The van der Waals surface area contributed by atoms with Crippen molar-refractivity contribution in [2.75, 3.05) is 16.8 Å². The summed E-state index contributed by atoms with van der Waals surface area (Å²) in [5, 5.41) is 36.7. The molecule has 0 spiro atoms. The van der Waals surface area contributed by atoms with Crippen molar-refractivity contribution in [3.8, 4) is 0 Å². The molecular weight excluding hydrogens is 1080 g/mol. The number of carboxylic acid groups (broad SMARTS) is 1. The second kappa shape index (κ2) is 28.5. The largest absolute Gasteiger partial charge is 0.490 e. The highest BCUT2D eigenvalue weighted by Gasteiger charge is 2.12. The molecule has 0 unspecified atom stereocenters. The molecule has 1 amide bonds. The zero-order valence-corrected chi connectivity index (χ0v) is 42.2. The number of amides is 1. The fourth-order valence-corrected chi connectivity index (χ4v) is 6.48. The molecule has 0 fully saturated rings. The highest BCUT2D eigenvalue weighted by atomic mass is 79.9. The average molecular weight is 1120 g/mol. The number of aromatic nitrogens is 7. The van der Waals surface area contributed by atoms with Crippen molar-refractivity contribution < 1.29 is 37.9 Å². The maximum absolute atomic E-state index is 13.2. The SMILES string of the molecule is Cn1nc(C(=O)Nc2ccc(Cc3ccc(F)c(Cl)c3)cn2)ccc1=O.Cn1nc(C(=O)O)ccc1=O.Fc1ccc(CBr)cc1Cl.Nc1ccc(B(O)O)cn1.Nc1ccc(Cc2ccc(F)c(Cl)c2)cn1. The van der Waals surface area contributed by atoms with E-state index in [-0.39, 0.29) is 43.4 Å². The van der Waals surface area contributed by atoms with Crippen LogP contribution in [0.3, 0.4) is 0 Å². The molecule has 0 saturated carbocycles. The second-order valence-corrected chi connectivity index (χ2v) is 16.7. The molecule has 73 heavy (non-hydrogen) atoms. The van der Waals surface area contributed by atoms with Gasteiger partial charge in [-0.15, -0.1) is 0 Å². The number of benzene rings is 3. The summed E-state index contributed by atoms with van der Waals surface area (Å²) in [5.74, 6) is -1.63. The van der Waals surface area contributed by atoms with E-state index in [0.717, 1.165) is 43.2 Å². The number of halogens is 7. The van der Waals surface area contributed by atoms with Crippen molar-refractivity contribution in [1.29, 1.82) is 0 Å². The number of hydrogen-bond donors (Lipinski definition) is 6. The van der Waals surface area contributed by atoms with E-state index in [1.54, 1.807) is 67.0 Å². The molecule has 0 atom stereocenters. The van der Waals surface area contributed by atoms with Crippen LogP contribution in [0.4, 0.5) is 30.6 Å². The van der Waals surface area contributed by atoms with Crippen molar-refractivity contribution in [2.45, 2.75) is 18.2 Å². The van der Waals surface area contributed by atoms with Crippen molar-refractivity contribution in [1.82, 2.24) is 34.5 Å². The van der Waals surface area contributed by atoms with Gasteiger partial charge in [0.1, 0.15) is 40.6 Å². The molecule has 3 aromatic carbocycles. The van der Waals surface area contributed by atoms with Crippen LogP contribution in [-0.2, 0) is 32.3 Å². The van der Waals surface area contributed by atoms with Crippen LogP contribution in [-0.4, -0.2) is 68.7 Å². The molecule has 8 aromatic rings. The van der Waals surface area contributed by atoms with E-state index in [9.17, 15) is 32.3 Å². The number of anilines is 3. The van der Waals surface area contributed by atoms with Gasteiger partial charge in [0.25, 0.3) is 17.0 Å². The van der Waals surface area contributed by atoms with E-state index in [1.165, 1.54) is 68.8 Å². The molecular formula is C48H42BBrCl3F3N10O7. The van der Waals surface area contributed by atoms with Gasteiger partial charge in [-0.3, -0.25) is 14.4 Å². The first-order chi connectivity index (χ1) is 34.6. The van der Waals surface area contributed by atoms with Gasteiger partial charge < -0.3 is 31.9 Å². The number of carbonyl (C=O) groups is 2. The Morgan fingerprint density at radius 2 is 1.03 bits per heavy atom. The second-order valence-electron chi connectivity index (χ2n) is 14.9. The standard InChI is InChI=1S/C18H14ClFN4O2.C12H10ClFN2.C7H5BrClF.C6H6N2O3.C5H7BN2O2/c1-24-17(25)7-5-15(23-24)18(26)22-16-6-3-12(10-21-16)8-11-2-4-14(20)13(19)9-11;13-10-6-8(1-3-11(10)14)5-9-2-4-12(15)16-7-9;8-4-5-1-2-7(10)6(9)3-5;1-8-5(9)3-2-4(7-8)6(10)11;7-5-2-1-4(3-8-5)6(9)10/h2-7,9-10H,8H2,1H3,(H,21,22,26);1-4,6-7H,5H2,(H2,15,16);1-3H,4H2;2-3H,1H3,(H,10,11);1-3,9-10H,(H2,7,8). The smallest absolute Gasteiger partial charge is 0.476 e. The minimum Gasteiger partial charge on any atom is -0.476 e. The van der Waals surface area contributed by atoms with Gasteiger partial charge >= 0.3 is 13.1 Å². The first-order valence-corrected chi connectivity index (χ1v) is 23.1. The third-order valence-electron chi connectivity index (χ3n) is 9.32. The Kier molecular flexibility index (Phi) is 22.7. The fraction of sp³-hybridized carbons (Fsp3) is 0.104. The molecule has 8 N–H and O–H groups in total. The number of aromatic carboxylic acids is 1. The highest BCUT2D eigenvalue weighted by Crippen LogP contribution is 2.21. The normalized spacial score (nSPS) is 10.1. The van der Waals surface area contributed by atoms with E-state index < -0.39 is 30.6 Å². The van der Waals surface area contributed by atoms with Gasteiger partial charge in [-0.2, -0.15) is 10.2 Å². The molecule has 17 nitrogen and oxygen atoms in total. The Bertz CT molecular complexity index is 3260. The lowest BCUT2D eigenvalue weighted by atomic mass is 9.82. The lowest BCUT2D eigenvalue weighted by molar-refractivity contribution is 0.0687. The summed E-state index contributed by atoms with van der Waals surface area (Å²) in [4.78, 5) is 56.3. The van der Waals surface area contributed by atoms with Gasteiger partial charge in [0.2, 0.25) is 0 Å². The third kappa shape index (κ3) is 19.6. The van der Waals surface area contributed by atoms with Gasteiger partial charge in [-0.1, -0.05) is 87.1 Å². The number of carbonyl (C=O) groups excluding carboxylic acids is 1. The van der Waals surface area contributed by atoms with Crippen LogP contribution >= 0.6 is 50.7 Å². The zero-order valence-electron chi connectivity index (χ0n) is 38.3. The minimum absolute atomic E-state index is 0.0732. The molecule has 25 heteroatoms. The third-order valence-corrected chi connectivity index (χ3v) is 10.8. The number of nitrogens with zero attached hydrogens (tertiary/aromatic N) is 7. The molecule has 0 bridgehead atoms.